The number of methoxy groups -OCH3 is 2. The van der Waals surface area contributed by atoms with Gasteiger partial charge in [-0.15, -0.1) is 0 Å². The fourth-order valence-corrected chi connectivity index (χ4v) is 4.42. The largest absolute Gasteiger partial charge is 0.497 e. The van der Waals surface area contributed by atoms with Crippen molar-refractivity contribution in [1.82, 2.24) is 15.1 Å². The van der Waals surface area contributed by atoms with Gasteiger partial charge in [-0.1, -0.05) is 12.8 Å². The Morgan fingerprint density at radius 1 is 1.00 bits per heavy atom. The van der Waals surface area contributed by atoms with Crippen LogP contribution in [0.15, 0.2) is 18.2 Å². The van der Waals surface area contributed by atoms with Crippen LogP contribution in [0.3, 0.4) is 0 Å². The Labute approximate surface area is 167 Å². The minimum Gasteiger partial charge on any atom is -0.497 e. The van der Waals surface area contributed by atoms with Gasteiger partial charge in [0, 0.05) is 44.9 Å². The van der Waals surface area contributed by atoms with Crippen molar-refractivity contribution in [3.63, 3.8) is 0 Å². The molecule has 0 aromatic heterocycles. The molecule has 3 rings (SSSR count). The van der Waals surface area contributed by atoms with Gasteiger partial charge in [0.1, 0.15) is 11.5 Å². The van der Waals surface area contributed by atoms with Crippen LogP contribution in [0.25, 0.3) is 0 Å². The summed E-state index contributed by atoms with van der Waals surface area (Å²) in [5, 5.41) is 2.84. The number of amides is 2. The number of rotatable bonds is 6. The number of likely N-dealkylation sites (N-methyl/N-ethyl adjacent to an activating group) is 1. The standard InChI is InChI=1S/C21H31N3O4/c1-22-20(25)19(15-6-4-5-7-15)23-8-10-24(11-9-23)21(26)16-12-17(27-2)14-18(13-16)28-3/h12-15,19H,4-11H2,1-3H3,(H,22,25). The number of ether oxygens (including phenoxy) is 2. The molecule has 2 aliphatic rings. The minimum atomic E-state index is -0.0818. The lowest BCUT2D eigenvalue weighted by atomic mass is 9.95. The second-order valence-electron chi connectivity index (χ2n) is 7.53. The van der Waals surface area contributed by atoms with E-state index in [9.17, 15) is 9.59 Å². The molecule has 7 nitrogen and oxygen atoms in total. The zero-order valence-corrected chi connectivity index (χ0v) is 17.1. The summed E-state index contributed by atoms with van der Waals surface area (Å²) in [5.41, 5.74) is 0.559. The maximum atomic E-state index is 13.0. The number of hydrogen-bond acceptors (Lipinski definition) is 5. The van der Waals surface area contributed by atoms with Crippen LogP contribution in [0.5, 0.6) is 11.5 Å². The van der Waals surface area contributed by atoms with Gasteiger partial charge in [-0.25, -0.2) is 0 Å². The third-order valence-electron chi connectivity index (χ3n) is 5.95. The molecule has 2 amide bonds. The molecule has 0 radical (unpaired) electrons. The van der Waals surface area contributed by atoms with Crippen LogP contribution in [0.1, 0.15) is 36.0 Å². The normalized spacial score (nSPS) is 19.3. The van der Waals surface area contributed by atoms with Crippen molar-refractivity contribution in [3.8, 4) is 11.5 Å². The molecule has 1 aliphatic carbocycles. The molecular formula is C21H31N3O4. The molecule has 1 aliphatic heterocycles. The molecule has 1 N–H and O–H groups in total. The van der Waals surface area contributed by atoms with E-state index in [-0.39, 0.29) is 17.9 Å². The van der Waals surface area contributed by atoms with E-state index in [1.165, 1.54) is 12.8 Å². The predicted octanol–water partition coefficient (Wildman–Crippen LogP) is 1.77. The molecule has 1 aromatic rings. The van der Waals surface area contributed by atoms with E-state index < -0.39 is 0 Å². The summed E-state index contributed by atoms with van der Waals surface area (Å²) in [6.07, 6.45) is 4.63. The van der Waals surface area contributed by atoms with Gasteiger partial charge in [-0.2, -0.15) is 0 Å². The molecule has 2 fully saturated rings. The van der Waals surface area contributed by atoms with Gasteiger partial charge in [0.2, 0.25) is 5.91 Å². The van der Waals surface area contributed by atoms with Crippen molar-refractivity contribution in [1.29, 1.82) is 0 Å². The SMILES string of the molecule is CNC(=O)C(C1CCCC1)N1CCN(C(=O)c2cc(OC)cc(OC)c2)CC1. The smallest absolute Gasteiger partial charge is 0.254 e. The Kier molecular flexibility index (Phi) is 6.78. The molecule has 0 spiro atoms. The van der Waals surface area contributed by atoms with Crippen LogP contribution in [0.2, 0.25) is 0 Å². The number of carbonyl (C=O) groups is 2. The Bertz CT molecular complexity index is 673. The van der Waals surface area contributed by atoms with Crippen molar-refractivity contribution in [2.24, 2.45) is 5.92 Å². The summed E-state index contributed by atoms with van der Waals surface area (Å²) >= 11 is 0. The quantitative estimate of drug-likeness (QED) is 0.803. The second kappa shape index (κ2) is 9.28. The number of nitrogens with zero attached hydrogens (tertiary/aromatic N) is 2. The van der Waals surface area contributed by atoms with Crippen LogP contribution in [-0.2, 0) is 4.79 Å². The van der Waals surface area contributed by atoms with E-state index in [0.29, 0.717) is 49.2 Å². The zero-order valence-electron chi connectivity index (χ0n) is 17.1. The number of piperazine rings is 1. The summed E-state index contributed by atoms with van der Waals surface area (Å²) in [6, 6.07) is 5.15. The zero-order chi connectivity index (χ0) is 20.1. The lowest BCUT2D eigenvalue weighted by Gasteiger charge is -2.40. The molecule has 154 valence electrons. The monoisotopic (exact) mass is 389 g/mol. The third-order valence-corrected chi connectivity index (χ3v) is 5.95. The molecule has 28 heavy (non-hydrogen) atoms. The Balaban J connectivity index is 1.67. The highest BCUT2D eigenvalue weighted by molar-refractivity contribution is 5.95. The first-order valence-electron chi connectivity index (χ1n) is 10.1. The van der Waals surface area contributed by atoms with Crippen molar-refractivity contribution in [2.45, 2.75) is 31.7 Å². The van der Waals surface area contributed by atoms with Gasteiger partial charge < -0.3 is 19.7 Å². The molecule has 1 atom stereocenters. The van der Waals surface area contributed by atoms with Crippen molar-refractivity contribution in [3.05, 3.63) is 23.8 Å². The molecule has 1 aromatic carbocycles. The van der Waals surface area contributed by atoms with Crippen LogP contribution >= 0.6 is 0 Å². The lowest BCUT2D eigenvalue weighted by Crippen LogP contribution is -2.57. The average Bonchev–Trinajstić information content (AvgIpc) is 3.27. The maximum absolute atomic E-state index is 13.0. The van der Waals surface area contributed by atoms with Crippen LogP contribution in [0, 0.1) is 5.92 Å². The van der Waals surface area contributed by atoms with Crippen molar-refractivity contribution < 1.29 is 19.1 Å². The molecule has 1 unspecified atom stereocenters. The molecule has 1 saturated carbocycles. The van der Waals surface area contributed by atoms with Crippen LogP contribution < -0.4 is 14.8 Å². The van der Waals surface area contributed by atoms with Crippen molar-refractivity contribution in [2.75, 3.05) is 47.4 Å². The van der Waals surface area contributed by atoms with Gasteiger partial charge in [0.05, 0.1) is 20.3 Å². The summed E-state index contributed by atoms with van der Waals surface area (Å²) < 4.78 is 10.6. The molecule has 7 heteroatoms. The predicted molar refractivity (Wildman–Crippen MR) is 107 cm³/mol. The first-order valence-corrected chi connectivity index (χ1v) is 10.1. The van der Waals surface area contributed by atoms with Gasteiger partial charge in [-0.3, -0.25) is 14.5 Å². The molecule has 1 saturated heterocycles. The first-order chi connectivity index (χ1) is 13.6. The van der Waals surface area contributed by atoms with Gasteiger partial charge in [0.25, 0.3) is 5.91 Å². The number of carbonyl (C=O) groups excluding carboxylic acids is 2. The van der Waals surface area contributed by atoms with Crippen molar-refractivity contribution >= 4 is 11.8 Å². The van der Waals surface area contributed by atoms with Gasteiger partial charge in [0.15, 0.2) is 0 Å². The summed E-state index contributed by atoms with van der Waals surface area (Å²) in [4.78, 5) is 29.6. The van der Waals surface area contributed by atoms with E-state index in [0.717, 1.165) is 12.8 Å². The lowest BCUT2D eigenvalue weighted by molar-refractivity contribution is -0.128. The van der Waals surface area contributed by atoms with E-state index in [2.05, 4.69) is 10.2 Å². The van der Waals surface area contributed by atoms with E-state index in [1.54, 1.807) is 39.5 Å². The third kappa shape index (κ3) is 4.41. The van der Waals surface area contributed by atoms with Gasteiger partial charge >= 0.3 is 0 Å². The minimum absolute atomic E-state index is 0.0331. The summed E-state index contributed by atoms with van der Waals surface area (Å²) in [7, 11) is 4.85. The second-order valence-corrected chi connectivity index (χ2v) is 7.53. The van der Waals surface area contributed by atoms with Crippen LogP contribution in [-0.4, -0.2) is 75.1 Å². The average molecular weight is 389 g/mol. The highest BCUT2D eigenvalue weighted by Crippen LogP contribution is 2.31. The van der Waals surface area contributed by atoms with Crippen LogP contribution in [0.4, 0.5) is 0 Å². The molecule has 0 bridgehead atoms. The Morgan fingerprint density at radius 3 is 2.07 bits per heavy atom. The van der Waals surface area contributed by atoms with Gasteiger partial charge in [-0.05, 0) is 30.9 Å². The highest BCUT2D eigenvalue weighted by Gasteiger charge is 2.37. The summed E-state index contributed by atoms with van der Waals surface area (Å²) in [5.74, 6) is 1.69. The first kappa shape index (κ1) is 20.5. The maximum Gasteiger partial charge on any atom is 0.254 e. The molecular weight excluding hydrogens is 358 g/mol. The topological polar surface area (TPSA) is 71.1 Å². The number of hydrogen-bond donors (Lipinski definition) is 1. The summed E-state index contributed by atoms with van der Waals surface area (Å²) in [6.45, 7) is 2.64. The number of nitrogens with one attached hydrogen (secondary N) is 1. The number of benzene rings is 1. The van der Waals surface area contributed by atoms with E-state index in [4.69, 9.17) is 9.47 Å². The highest BCUT2D eigenvalue weighted by atomic mass is 16.5. The van der Waals surface area contributed by atoms with E-state index in [1.807, 2.05) is 4.90 Å². The molecule has 1 heterocycles. The van der Waals surface area contributed by atoms with E-state index >= 15 is 0 Å². The Morgan fingerprint density at radius 2 is 1.57 bits per heavy atom. The fourth-order valence-electron chi connectivity index (χ4n) is 4.42. The Hall–Kier alpha value is -2.28. The fraction of sp³-hybridized carbons (Fsp3) is 0.619.